The molecule has 124 valence electrons. The molecule has 1 fully saturated rings. The van der Waals surface area contributed by atoms with Crippen LogP contribution in [0.4, 0.5) is 13.2 Å². The highest BCUT2D eigenvalue weighted by Crippen LogP contribution is 2.22. The molecule has 1 heterocycles. The van der Waals surface area contributed by atoms with Crippen LogP contribution in [0.2, 0.25) is 0 Å². The third kappa shape index (κ3) is 7.66. The number of esters is 1. The van der Waals surface area contributed by atoms with Crippen LogP contribution >= 0.6 is 0 Å². The molecule has 0 spiro atoms. The first kappa shape index (κ1) is 18.2. The van der Waals surface area contributed by atoms with Gasteiger partial charge in [0.1, 0.15) is 0 Å². The second-order valence-electron chi connectivity index (χ2n) is 6.19. The van der Waals surface area contributed by atoms with E-state index in [1.807, 2.05) is 0 Å². The van der Waals surface area contributed by atoms with Gasteiger partial charge in [-0.1, -0.05) is 13.8 Å². The lowest BCUT2D eigenvalue weighted by Gasteiger charge is -2.38. The quantitative estimate of drug-likeness (QED) is 0.763. The van der Waals surface area contributed by atoms with E-state index in [4.69, 9.17) is 0 Å². The van der Waals surface area contributed by atoms with Gasteiger partial charge in [-0.2, -0.15) is 13.2 Å². The monoisotopic (exact) mass is 310 g/mol. The molecular formula is C14H25F3N2O2. The molecule has 21 heavy (non-hydrogen) atoms. The van der Waals surface area contributed by atoms with Gasteiger partial charge in [0.05, 0.1) is 13.7 Å². The van der Waals surface area contributed by atoms with Crippen molar-refractivity contribution < 1.29 is 22.7 Å². The number of likely N-dealkylation sites (tertiary alicyclic amines) is 1. The Morgan fingerprint density at radius 1 is 1.38 bits per heavy atom. The molecule has 1 rings (SSSR count). The van der Waals surface area contributed by atoms with Gasteiger partial charge in [-0.25, -0.2) is 0 Å². The lowest BCUT2D eigenvalue weighted by molar-refractivity contribution is -0.142. The maximum Gasteiger partial charge on any atom is 0.401 e. The molecular weight excluding hydrogens is 285 g/mol. The normalized spacial score (nSPS) is 24.3. The molecule has 0 bridgehead atoms. The van der Waals surface area contributed by atoms with Crippen LogP contribution in [0.15, 0.2) is 0 Å². The average molecular weight is 310 g/mol. The maximum absolute atomic E-state index is 12.3. The van der Waals surface area contributed by atoms with E-state index in [0.717, 1.165) is 13.1 Å². The molecule has 0 aromatic carbocycles. The van der Waals surface area contributed by atoms with Gasteiger partial charge in [0.15, 0.2) is 0 Å². The van der Waals surface area contributed by atoms with Gasteiger partial charge in [-0.3, -0.25) is 4.79 Å². The predicted octanol–water partition coefficient (Wildman–Crippen LogP) is 2.05. The van der Waals surface area contributed by atoms with E-state index in [1.165, 1.54) is 7.11 Å². The van der Waals surface area contributed by atoms with Gasteiger partial charge < -0.3 is 15.0 Å². The Morgan fingerprint density at radius 2 is 2.05 bits per heavy atom. The van der Waals surface area contributed by atoms with Crippen LogP contribution in [0.1, 0.15) is 26.7 Å². The number of halogens is 3. The molecule has 1 aliphatic heterocycles. The lowest BCUT2D eigenvalue weighted by atomic mass is 9.91. The van der Waals surface area contributed by atoms with Crippen LogP contribution in [0.25, 0.3) is 0 Å². The highest BCUT2D eigenvalue weighted by atomic mass is 19.4. The molecule has 7 heteroatoms. The first-order valence-corrected chi connectivity index (χ1v) is 7.29. The molecule has 0 aromatic heterocycles. The van der Waals surface area contributed by atoms with Crippen molar-refractivity contribution in [2.45, 2.75) is 38.9 Å². The van der Waals surface area contributed by atoms with Crippen molar-refractivity contribution in [1.82, 2.24) is 10.2 Å². The second kappa shape index (κ2) is 7.98. The maximum atomic E-state index is 12.3. The number of nitrogens with zero attached hydrogens (tertiary/aromatic N) is 1. The molecule has 1 aliphatic rings. The molecule has 2 unspecified atom stereocenters. The molecule has 4 nitrogen and oxygen atoms in total. The molecule has 1 saturated heterocycles. The van der Waals surface area contributed by atoms with E-state index in [0.29, 0.717) is 18.9 Å². The Hall–Kier alpha value is -0.820. The Bertz CT molecular complexity index is 335. The number of methoxy groups -OCH3 is 1. The molecule has 1 N–H and O–H groups in total. The van der Waals surface area contributed by atoms with E-state index in [9.17, 15) is 18.0 Å². The summed E-state index contributed by atoms with van der Waals surface area (Å²) in [5.74, 6) is 0.168. The summed E-state index contributed by atoms with van der Waals surface area (Å²) in [4.78, 5) is 13.5. The van der Waals surface area contributed by atoms with Crippen LogP contribution in [0.5, 0.6) is 0 Å². The van der Waals surface area contributed by atoms with Crippen LogP contribution in [0.3, 0.4) is 0 Å². The van der Waals surface area contributed by atoms with Crippen LogP contribution in [0, 0.1) is 11.8 Å². The number of carbonyl (C=O) groups is 1. The first-order valence-electron chi connectivity index (χ1n) is 7.29. The number of ether oxygens (including phenoxy) is 1. The topological polar surface area (TPSA) is 41.6 Å². The zero-order valence-corrected chi connectivity index (χ0v) is 12.9. The number of alkyl halides is 3. The van der Waals surface area contributed by atoms with Crippen molar-refractivity contribution in [1.29, 1.82) is 0 Å². The number of rotatable bonds is 6. The number of carbonyl (C=O) groups excluding carboxylic acids is 1. The predicted molar refractivity (Wildman–Crippen MR) is 73.9 cm³/mol. The fraction of sp³-hybridized carbons (Fsp3) is 0.929. The van der Waals surface area contributed by atoms with Crippen molar-refractivity contribution in [2.75, 3.05) is 33.3 Å². The van der Waals surface area contributed by atoms with Gasteiger partial charge in [0, 0.05) is 32.1 Å². The first-order chi connectivity index (χ1) is 9.69. The molecule has 0 aromatic rings. The van der Waals surface area contributed by atoms with Gasteiger partial charge in [0.2, 0.25) is 0 Å². The highest BCUT2D eigenvalue weighted by molar-refractivity contribution is 5.69. The number of nitrogens with one attached hydrogen (secondary N) is 1. The van der Waals surface area contributed by atoms with Gasteiger partial charge in [-0.15, -0.1) is 0 Å². The van der Waals surface area contributed by atoms with E-state index in [1.54, 1.807) is 0 Å². The Labute approximate surface area is 124 Å². The minimum Gasteiger partial charge on any atom is -0.469 e. The van der Waals surface area contributed by atoms with E-state index in [-0.39, 0.29) is 24.3 Å². The van der Waals surface area contributed by atoms with Crippen molar-refractivity contribution >= 4 is 5.97 Å². The molecule has 0 aliphatic carbocycles. The summed E-state index contributed by atoms with van der Waals surface area (Å²) in [5.41, 5.74) is 0. The summed E-state index contributed by atoms with van der Waals surface area (Å²) in [6, 6.07) is -0.242. The lowest BCUT2D eigenvalue weighted by Crippen LogP contribution is -2.52. The van der Waals surface area contributed by atoms with E-state index in [2.05, 4.69) is 28.8 Å². The smallest absolute Gasteiger partial charge is 0.401 e. The van der Waals surface area contributed by atoms with Crippen LogP contribution < -0.4 is 5.32 Å². The standard InChI is InChI=1S/C14H25F3N2O2/c1-10(2)6-19-7-11(5-13(20)21-3)4-12(8-19)18-9-14(15,16)17/h10-12,18H,4-9H2,1-3H3. The zero-order valence-electron chi connectivity index (χ0n) is 12.9. The summed E-state index contributed by atoms with van der Waals surface area (Å²) in [7, 11) is 1.33. The van der Waals surface area contributed by atoms with Crippen molar-refractivity contribution in [3.05, 3.63) is 0 Å². The fourth-order valence-corrected chi connectivity index (χ4v) is 2.84. The Morgan fingerprint density at radius 3 is 2.57 bits per heavy atom. The average Bonchev–Trinajstić information content (AvgIpc) is 2.34. The summed E-state index contributed by atoms with van der Waals surface area (Å²) in [6.45, 7) is 5.30. The zero-order chi connectivity index (χ0) is 16.0. The number of hydrogen-bond donors (Lipinski definition) is 1. The third-order valence-corrected chi connectivity index (χ3v) is 3.51. The highest BCUT2D eigenvalue weighted by Gasteiger charge is 2.33. The van der Waals surface area contributed by atoms with Crippen molar-refractivity contribution in [3.8, 4) is 0 Å². The van der Waals surface area contributed by atoms with Gasteiger partial charge >= 0.3 is 12.1 Å². The summed E-state index contributed by atoms with van der Waals surface area (Å²) in [6.07, 6.45) is -3.38. The molecule has 2 atom stereocenters. The van der Waals surface area contributed by atoms with E-state index >= 15 is 0 Å². The SMILES string of the molecule is COC(=O)CC1CC(NCC(F)(F)F)CN(CC(C)C)C1. The largest absolute Gasteiger partial charge is 0.469 e. The molecule has 0 amide bonds. The summed E-state index contributed by atoms with van der Waals surface area (Å²) < 4.78 is 41.6. The number of piperidine rings is 1. The third-order valence-electron chi connectivity index (χ3n) is 3.51. The van der Waals surface area contributed by atoms with E-state index < -0.39 is 12.7 Å². The second-order valence-corrected chi connectivity index (χ2v) is 6.19. The minimum atomic E-state index is -4.21. The van der Waals surface area contributed by atoms with Crippen molar-refractivity contribution in [3.63, 3.8) is 0 Å². The summed E-state index contributed by atoms with van der Waals surface area (Å²) in [5, 5.41) is 2.57. The minimum absolute atomic E-state index is 0.0377. The van der Waals surface area contributed by atoms with Gasteiger partial charge in [-0.05, 0) is 18.3 Å². The number of hydrogen-bond acceptors (Lipinski definition) is 4. The van der Waals surface area contributed by atoms with Crippen molar-refractivity contribution in [2.24, 2.45) is 11.8 Å². The summed E-state index contributed by atoms with van der Waals surface area (Å²) >= 11 is 0. The molecule has 0 radical (unpaired) electrons. The molecule has 0 saturated carbocycles. The van der Waals surface area contributed by atoms with Crippen LogP contribution in [-0.2, 0) is 9.53 Å². The van der Waals surface area contributed by atoms with Gasteiger partial charge in [0.25, 0.3) is 0 Å². The Balaban J connectivity index is 2.58. The van der Waals surface area contributed by atoms with Crippen LogP contribution in [-0.4, -0.2) is 56.4 Å². The Kier molecular flexibility index (Phi) is 6.93. The fourth-order valence-electron chi connectivity index (χ4n) is 2.84.